The third kappa shape index (κ3) is 8.04. The van der Waals surface area contributed by atoms with Crippen LogP contribution in [0, 0.1) is 46.3 Å². The van der Waals surface area contributed by atoms with Crippen molar-refractivity contribution in [1.82, 2.24) is 5.32 Å². The standard InChI is InChI=1S/C50H69NO5/c1-35(44-25-26-45-43-24-19-36-11-9-10-31-48(36,2)46(43)28-32-49(44,45)3)14-27-47(53)51-33-29-40(52)30-34-56-50(37-12-7-6-8-13-37,38-15-20-41(54-4)21-16-38)39-17-22-42(55-5)23-18-39/h6-8,12-13,15-18,20-23,35-36,40,43-46,52H,9-11,14,19,24-34H2,1-5H3,(H,51,53)/t35-,36?,40?,43?,44-,45?,46?,48+,49-/m1/s1. The summed E-state index contributed by atoms with van der Waals surface area (Å²) >= 11 is 0. The number of aliphatic hydroxyl groups excluding tert-OH is 1. The van der Waals surface area contributed by atoms with Gasteiger partial charge in [-0.3, -0.25) is 4.79 Å². The fourth-order valence-electron chi connectivity index (χ4n) is 12.9. The minimum absolute atomic E-state index is 0.106. The molecular formula is C50H69NO5. The van der Waals surface area contributed by atoms with E-state index >= 15 is 0 Å². The van der Waals surface area contributed by atoms with Crippen LogP contribution < -0.4 is 14.8 Å². The summed E-state index contributed by atoms with van der Waals surface area (Å²) in [5.41, 5.74) is 3.00. The molecule has 6 nitrogen and oxygen atoms in total. The maximum atomic E-state index is 13.1. The second kappa shape index (κ2) is 17.6. The van der Waals surface area contributed by atoms with Crippen LogP contribution >= 0.6 is 0 Å². The summed E-state index contributed by atoms with van der Waals surface area (Å²) in [6.07, 6.45) is 16.1. The number of fused-ring (bicyclic) bond motifs is 5. The number of aliphatic hydroxyl groups is 1. The van der Waals surface area contributed by atoms with Crippen molar-refractivity contribution >= 4 is 5.91 Å². The SMILES string of the molecule is COc1ccc(C(OCCC(O)CCNC(=O)CC[C@@H](C)[C@H]2CCC3C4CCC5CCCC[C@]5(C)C4CC[C@@]32C)(c2ccccc2)c2ccc(OC)cc2)cc1. The van der Waals surface area contributed by atoms with Gasteiger partial charge in [-0.2, -0.15) is 0 Å². The Labute approximate surface area is 337 Å². The number of methoxy groups -OCH3 is 2. The zero-order chi connectivity index (χ0) is 39.3. The predicted molar refractivity (Wildman–Crippen MR) is 225 cm³/mol. The molecule has 304 valence electrons. The van der Waals surface area contributed by atoms with Crippen molar-refractivity contribution in [2.75, 3.05) is 27.4 Å². The number of hydrogen-bond donors (Lipinski definition) is 2. The Morgan fingerprint density at radius 1 is 0.750 bits per heavy atom. The van der Waals surface area contributed by atoms with E-state index in [1.54, 1.807) is 14.2 Å². The molecule has 4 saturated carbocycles. The molecule has 3 aromatic rings. The molecule has 2 N–H and O–H groups in total. The molecule has 0 aromatic heterocycles. The summed E-state index contributed by atoms with van der Waals surface area (Å²) in [6, 6.07) is 26.2. The molecule has 9 atom stereocenters. The average molecular weight is 764 g/mol. The van der Waals surface area contributed by atoms with Gasteiger partial charge in [0.2, 0.25) is 5.91 Å². The van der Waals surface area contributed by atoms with E-state index in [-0.39, 0.29) is 5.91 Å². The van der Waals surface area contributed by atoms with Crippen molar-refractivity contribution in [3.63, 3.8) is 0 Å². The van der Waals surface area contributed by atoms with Crippen molar-refractivity contribution in [3.8, 4) is 11.5 Å². The summed E-state index contributed by atoms with van der Waals surface area (Å²) in [5.74, 6) is 6.63. The molecule has 0 radical (unpaired) electrons. The normalized spacial score (nSPS) is 29.6. The van der Waals surface area contributed by atoms with Gasteiger partial charge in [0.25, 0.3) is 0 Å². The van der Waals surface area contributed by atoms with Gasteiger partial charge in [-0.25, -0.2) is 0 Å². The Kier molecular flexibility index (Phi) is 12.9. The van der Waals surface area contributed by atoms with Gasteiger partial charge in [0.1, 0.15) is 17.1 Å². The van der Waals surface area contributed by atoms with Crippen molar-refractivity contribution in [2.24, 2.45) is 46.3 Å². The number of carbonyl (C=O) groups excluding carboxylic acids is 1. The maximum Gasteiger partial charge on any atom is 0.220 e. The molecule has 0 heterocycles. The summed E-state index contributed by atoms with van der Waals surface area (Å²) in [5, 5.41) is 14.2. The van der Waals surface area contributed by atoms with Gasteiger partial charge in [-0.1, -0.05) is 88.2 Å². The van der Waals surface area contributed by atoms with Gasteiger partial charge in [0.05, 0.1) is 26.9 Å². The Morgan fingerprint density at radius 2 is 1.39 bits per heavy atom. The second-order valence-electron chi connectivity index (χ2n) is 18.6. The average Bonchev–Trinajstić information content (AvgIpc) is 3.59. The van der Waals surface area contributed by atoms with Crippen LogP contribution in [0.2, 0.25) is 0 Å². The Balaban J connectivity index is 0.907. The predicted octanol–water partition coefficient (Wildman–Crippen LogP) is 10.7. The topological polar surface area (TPSA) is 77.0 Å². The van der Waals surface area contributed by atoms with E-state index in [0.717, 1.165) is 64.2 Å². The number of rotatable bonds is 16. The van der Waals surface area contributed by atoms with Gasteiger partial charge < -0.3 is 24.6 Å². The minimum Gasteiger partial charge on any atom is -0.497 e. The van der Waals surface area contributed by atoms with Crippen LogP contribution in [0.1, 0.15) is 127 Å². The largest absolute Gasteiger partial charge is 0.497 e. The van der Waals surface area contributed by atoms with Crippen LogP contribution in [0.4, 0.5) is 0 Å². The molecule has 1 amide bonds. The monoisotopic (exact) mass is 764 g/mol. The lowest BCUT2D eigenvalue weighted by Gasteiger charge is -2.61. The lowest BCUT2D eigenvalue weighted by molar-refractivity contribution is -0.122. The molecule has 5 unspecified atom stereocenters. The molecular weight excluding hydrogens is 695 g/mol. The van der Waals surface area contributed by atoms with Gasteiger partial charge in [0.15, 0.2) is 0 Å². The van der Waals surface area contributed by atoms with E-state index in [1.807, 2.05) is 66.7 Å². The molecule has 4 aliphatic carbocycles. The molecule has 4 aliphatic rings. The summed E-state index contributed by atoms with van der Waals surface area (Å²) in [4.78, 5) is 13.1. The first-order chi connectivity index (χ1) is 27.1. The van der Waals surface area contributed by atoms with Gasteiger partial charge >= 0.3 is 0 Å². The fraction of sp³-hybridized carbons (Fsp3) is 0.620. The summed E-state index contributed by atoms with van der Waals surface area (Å²) in [7, 11) is 3.33. The smallest absolute Gasteiger partial charge is 0.220 e. The number of hydrogen-bond acceptors (Lipinski definition) is 5. The third-order valence-corrected chi connectivity index (χ3v) is 15.9. The van der Waals surface area contributed by atoms with Crippen molar-refractivity contribution in [2.45, 2.75) is 122 Å². The number of ether oxygens (including phenoxy) is 3. The van der Waals surface area contributed by atoms with E-state index in [4.69, 9.17) is 14.2 Å². The first kappa shape index (κ1) is 40.8. The van der Waals surface area contributed by atoms with Crippen molar-refractivity contribution < 1.29 is 24.1 Å². The van der Waals surface area contributed by atoms with Gasteiger partial charge in [-0.05, 0) is 158 Å². The van der Waals surface area contributed by atoms with E-state index in [2.05, 4.69) is 38.2 Å². The molecule has 0 saturated heterocycles. The Hall–Kier alpha value is -3.35. The van der Waals surface area contributed by atoms with E-state index in [9.17, 15) is 9.90 Å². The van der Waals surface area contributed by atoms with Crippen molar-refractivity contribution in [3.05, 3.63) is 95.6 Å². The van der Waals surface area contributed by atoms with E-state index in [0.29, 0.717) is 49.2 Å². The highest BCUT2D eigenvalue weighted by Crippen LogP contribution is 2.68. The maximum absolute atomic E-state index is 13.1. The molecule has 4 fully saturated rings. The number of nitrogens with one attached hydrogen (secondary N) is 1. The highest BCUT2D eigenvalue weighted by atomic mass is 16.5. The van der Waals surface area contributed by atoms with Crippen LogP contribution in [-0.2, 0) is 15.1 Å². The molecule has 0 bridgehead atoms. The van der Waals surface area contributed by atoms with E-state index in [1.165, 1.54) is 64.2 Å². The van der Waals surface area contributed by atoms with Crippen LogP contribution in [-0.4, -0.2) is 44.5 Å². The fourth-order valence-corrected chi connectivity index (χ4v) is 12.9. The Morgan fingerprint density at radius 3 is 2.05 bits per heavy atom. The van der Waals surface area contributed by atoms with Gasteiger partial charge in [0, 0.05) is 13.0 Å². The highest BCUT2D eigenvalue weighted by Gasteiger charge is 2.60. The molecule has 6 heteroatoms. The zero-order valence-corrected chi connectivity index (χ0v) is 34.9. The molecule has 0 spiro atoms. The summed E-state index contributed by atoms with van der Waals surface area (Å²) < 4.78 is 17.9. The number of carbonyl (C=O) groups is 1. The van der Waals surface area contributed by atoms with Crippen LogP contribution in [0.3, 0.4) is 0 Å². The molecule has 3 aromatic carbocycles. The van der Waals surface area contributed by atoms with E-state index < -0.39 is 11.7 Å². The lowest BCUT2D eigenvalue weighted by Crippen LogP contribution is -2.53. The van der Waals surface area contributed by atoms with Crippen LogP contribution in [0.5, 0.6) is 11.5 Å². The van der Waals surface area contributed by atoms with Crippen LogP contribution in [0.25, 0.3) is 0 Å². The summed E-state index contributed by atoms with van der Waals surface area (Å²) in [6.45, 7) is 8.53. The lowest BCUT2D eigenvalue weighted by atomic mass is 9.44. The molecule has 7 rings (SSSR count). The zero-order valence-electron chi connectivity index (χ0n) is 34.9. The second-order valence-corrected chi connectivity index (χ2v) is 18.6. The highest BCUT2D eigenvalue weighted by molar-refractivity contribution is 5.75. The van der Waals surface area contributed by atoms with Gasteiger partial charge in [-0.15, -0.1) is 0 Å². The quantitative estimate of drug-likeness (QED) is 0.142. The molecule has 0 aliphatic heterocycles. The first-order valence-electron chi connectivity index (χ1n) is 22.1. The van der Waals surface area contributed by atoms with Crippen molar-refractivity contribution in [1.29, 1.82) is 0 Å². The minimum atomic E-state index is -0.923. The first-order valence-corrected chi connectivity index (χ1v) is 22.1. The molecule has 56 heavy (non-hydrogen) atoms. The number of amides is 1. The number of benzene rings is 3. The third-order valence-electron chi connectivity index (χ3n) is 15.9. The Bertz CT molecular complexity index is 1660. The van der Waals surface area contributed by atoms with Crippen LogP contribution in [0.15, 0.2) is 78.9 Å².